The van der Waals surface area contributed by atoms with E-state index in [1.807, 2.05) is 18.2 Å². The van der Waals surface area contributed by atoms with Crippen LogP contribution >= 0.6 is 0 Å². The van der Waals surface area contributed by atoms with E-state index in [2.05, 4.69) is 10.5 Å². The number of amides is 2. The number of carbonyl (C=O) groups excluding carboxylic acids is 1. The summed E-state index contributed by atoms with van der Waals surface area (Å²) in [5.41, 5.74) is 10.4. The summed E-state index contributed by atoms with van der Waals surface area (Å²) >= 11 is 0. The number of fused-ring (bicyclic) bond motifs is 1. The van der Waals surface area contributed by atoms with Gasteiger partial charge in [-0.15, -0.1) is 0 Å². The second kappa shape index (κ2) is 4.86. The third kappa shape index (κ3) is 2.55. The lowest BCUT2D eigenvalue weighted by Crippen LogP contribution is -2.27. The van der Waals surface area contributed by atoms with Crippen molar-refractivity contribution in [3.8, 4) is 5.75 Å². The number of aryl methyl sites for hydroxylation is 1. The maximum absolute atomic E-state index is 10.7. The van der Waals surface area contributed by atoms with Crippen molar-refractivity contribution in [3.05, 3.63) is 29.3 Å². The number of ether oxygens (including phenoxy) is 1. The van der Waals surface area contributed by atoms with Gasteiger partial charge in [-0.2, -0.15) is 5.10 Å². The molecule has 0 aromatic heterocycles. The van der Waals surface area contributed by atoms with Gasteiger partial charge < -0.3 is 10.5 Å². The summed E-state index contributed by atoms with van der Waals surface area (Å²) in [6, 6.07) is 5.26. The average molecular weight is 233 g/mol. The van der Waals surface area contributed by atoms with E-state index in [0.29, 0.717) is 0 Å². The molecule has 0 atom stereocenters. The molecular formula is C12H15N3O2. The number of methoxy groups -OCH3 is 1. The molecule has 0 unspecified atom stereocenters. The molecule has 0 aliphatic heterocycles. The number of nitrogens with one attached hydrogen (secondary N) is 1. The second-order valence-corrected chi connectivity index (χ2v) is 3.91. The van der Waals surface area contributed by atoms with E-state index in [1.165, 1.54) is 5.56 Å². The Kier molecular flexibility index (Phi) is 3.27. The van der Waals surface area contributed by atoms with Crippen molar-refractivity contribution in [2.24, 2.45) is 10.8 Å². The van der Waals surface area contributed by atoms with Gasteiger partial charge in [0.25, 0.3) is 0 Å². The molecule has 5 nitrogen and oxygen atoms in total. The van der Waals surface area contributed by atoms with Crippen LogP contribution < -0.4 is 15.9 Å². The Morgan fingerprint density at radius 2 is 2.29 bits per heavy atom. The lowest BCUT2D eigenvalue weighted by molar-refractivity contribution is 0.249. The summed E-state index contributed by atoms with van der Waals surface area (Å²) in [5, 5.41) is 4.04. The average Bonchev–Trinajstić information content (AvgIpc) is 2.35. The van der Waals surface area contributed by atoms with Gasteiger partial charge in [0.05, 0.1) is 12.8 Å². The molecule has 2 rings (SSSR count). The van der Waals surface area contributed by atoms with Crippen LogP contribution in [-0.2, 0) is 6.42 Å². The molecule has 1 aliphatic rings. The Hall–Kier alpha value is -2.04. The van der Waals surface area contributed by atoms with Crippen LogP contribution in [0.2, 0.25) is 0 Å². The number of urea groups is 1. The van der Waals surface area contributed by atoms with Crippen LogP contribution in [-0.4, -0.2) is 18.9 Å². The minimum Gasteiger partial charge on any atom is -0.497 e. The quantitative estimate of drug-likeness (QED) is 0.757. The lowest BCUT2D eigenvalue weighted by atomic mass is 9.90. The summed E-state index contributed by atoms with van der Waals surface area (Å²) in [5.74, 6) is 0.789. The molecule has 0 fully saturated rings. The van der Waals surface area contributed by atoms with Crippen molar-refractivity contribution < 1.29 is 9.53 Å². The largest absolute Gasteiger partial charge is 0.497 e. The standard InChI is InChI=1S/C12H15N3O2/c1-17-9-6-5-8-3-2-4-11(10(8)7-9)14-15-12(13)16/h5-7H,2-4H2,1H3,(H3,13,15,16). The number of nitrogens with two attached hydrogens (primary N) is 1. The van der Waals surface area contributed by atoms with Gasteiger partial charge in [0.2, 0.25) is 0 Å². The van der Waals surface area contributed by atoms with Gasteiger partial charge in [-0.1, -0.05) is 6.07 Å². The van der Waals surface area contributed by atoms with E-state index in [9.17, 15) is 4.79 Å². The fourth-order valence-corrected chi connectivity index (χ4v) is 1.99. The van der Waals surface area contributed by atoms with Crippen molar-refractivity contribution in [1.82, 2.24) is 5.43 Å². The lowest BCUT2D eigenvalue weighted by Gasteiger charge is -2.18. The molecule has 1 aromatic carbocycles. The summed E-state index contributed by atoms with van der Waals surface area (Å²) < 4.78 is 5.19. The van der Waals surface area contributed by atoms with Crippen LogP contribution in [0.15, 0.2) is 23.3 Å². The molecule has 0 bridgehead atoms. The third-order valence-electron chi connectivity index (χ3n) is 2.79. The van der Waals surface area contributed by atoms with E-state index < -0.39 is 6.03 Å². The smallest absolute Gasteiger partial charge is 0.332 e. The zero-order valence-corrected chi connectivity index (χ0v) is 9.69. The van der Waals surface area contributed by atoms with E-state index in [1.54, 1.807) is 7.11 Å². The highest BCUT2D eigenvalue weighted by atomic mass is 16.5. The summed E-state index contributed by atoms with van der Waals surface area (Å²) in [6.45, 7) is 0. The number of hydrogen-bond donors (Lipinski definition) is 2. The van der Waals surface area contributed by atoms with Gasteiger partial charge in [-0.3, -0.25) is 0 Å². The van der Waals surface area contributed by atoms with Crippen molar-refractivity contribution in [2.75, 3.05) is 7.11 Å². The van der Waals surface area contributed by atoms with Crippen molar-refractivity contribution in [1.29, 1.82) is 0 Å². The second-order valence-electron chi connectivity index (χ2n) is 3.91. The minimum atomic E-state index is -0.646. The van der Waals surface area contributed by atoms with Crippen LogP contribution in [0.1, 0.15) is 24.0 Å². The number of hydrazone groups is 1. The van der Waals surface area contributed by atoms with Gasteiger partial charge in [0, 0.05) is 5.56 Å². The summed E-state index contributed by atoms with van der Waals surface area (Å²) in [7, 11) is 1.63. The first-order valence-corrected chi connectivity index (χ1v) is 5.50. The van der Waals surface area contributed by atoms with E-state index in [4.69, 9.17) is 10.5 Å². The molecule has 2 amide bonds. The first kappa shape index (κ1) is 11.4. The van der Waals surface area contributed by atoms with Crippen molar-refractivity contribution >= 4 is 11.7 Å². The maximum atomic E-state index is 10.7. The first-order valence-electron chi connectivity index (χ1n) is 5.50. The molecule has 0 spiro atoms. The number of carbonyl (C=O) groups is 1. The highest BCUT2D eigenvalue weighted by Gasteiger charge is 2.16. The van der Waals surface area contributed by atoms with Crippen LogP contribution in [0.3, 0.4) is 0 Å². The molecule has 17 heavy (non-hydrogen) atoms. The van der Waals surface area contributed by atoms with Crippen molar-refractivity contribution in [3.63, 3.8) is 0 Å². The maximum Gasteiger partial charge on any atom is 0.332 e. The zero-order valence-electron chi connectivity index (χ0n) is 9.69. The Morgan fingerprint density at radius 1 is 1.47 bits per heavy atom. The number of primary amides is 1. The van der Waals surface area contributed by atoms with E-state index in [-0.39, 0.29) is 0 Å². The minimum absolute atomic E-state index is 0.646. The number of rotatable bonds is 2. The fraction of sp³-hybridized carbons (Fsp3) is 0.333. The topological polar surface area (TPSA) is 76.7 Å². The van der Waals surface area contributed by atoms with E-state index >= 15 is 0 Å². The zero-order chi connectivity index (χ0) is 12.3. The van der Waals surface area contributed by atoms with Gasteiger partial charge in [0.1, 0.15) is 5.75 Å². The molecule has 0 heterocycles. The Bertz CT molecular complexity index is 469. The van der Waals surface area contributed by atoms with Crippen molar-refractivity contribution in [2.45, 2.75) is 19.3 Å². The summed E-state index contributed by atoms with van der Waals surface area (Å²) in [4.78, 5) is 10.7. The monoisotopic (exact) mass is 233 g/mol. The van der Waals surface area contributed by atoms with Gasteiger partial charge in [-0.05, 0) is 37.0 Å². The van der Waals surface area contributed by atoms with Crippen LogP contribution in [0, 0.1) is 0 Å². The van der Waals surface area contributed by atoms with Gasteiger partial charge >= 0.3 is 6.03 Å². The number of nitrogens with zero attached hydrogens (tertiary/aromatic N) is 1. The SMILES string of the molecule is COc1ccc2c(c1)C(=NNC(N)=O)CCC2. The predicted octanol–water partition coefficient (Wildman–Crippen LogP) is 1.40. The number of benzene rings is 1. The predicted molar refractivity (Wildman–Crippen MR) is 65.2 cm³/mol. The highest BCUT2D eigenvalue weighted by Crippen LogP contribution is 2.25. The molecule has 1 aliphatic carbocycles. The molecule has 90 valence electrons. The highest BCUT2D eigenvalue weighted by molar-refractivity contribution is 6.03. The van der Waals surface area contributed by atoms with Gasteiger partial charge in [-0.25, -0.2) is 10.2 Å². The number of hydrogen-bond acceptors (Lipinski definition) is 3. The fourth-order valence-electron chi connectivity index (χ4n) is 1.99. The normalized spacial score (nSPS) is 16.4. The molecule has 1 aromatic rings. The molecule has 5 heteroatoms. The molecule has 0 radical (unpaired) electrons. The third-order valence-corrected chi connectivity index (χ3v) is 2.79. The Balaban J connectivity index is 2.35. The molecular weight excluding hydrogens is 218 g/mol. The van der Waals surface area contributed by atoms with Crippen LogP contribution in [0.4, 0.5) is 4.79 Å². The summed E-state index contributed by atoms with van der Waals surface area (Å²) in [6.07, 6.45) is 2.88. The first-order chi connectivity index (χ1) is 8.20. The van der Waals surface area contributed by atoms with Crippen LogP contribution in [0.5, 0.6) is 5.75 Å². The Morgan fingerprint density at radius 3 is 3.00 bits per heavy atom. The molecule has 0 saturated carbocycles. The van der Waals surface area contributed by atoms with E-state index in [0.717, 1.165) is 36.3 Å². The Labute approximate surface area is 99.6 Å². The van der Waals surface area contributed by atoms with Crippen LogP contribution in [0.25, 0.3) is 0 Å². The molecule has 3 N–H and O–H groups in total. The molecule has 0 saturated heterocycles. The van der Waals surface area contributed by atoms with Gasteiger partial charge in [0.15, 0.2) is 0 Å².